The zero-order valence-electron chi connectivity index (χ0n) is 6.65. The predicted octanol–water partition coefficient (Wildman–Crippen LogP) is 0.256. The van der Waals surface area contributed by atoms with Crippen molar-refractivity contribution in [2.24, 2.45) is 5.73 Å². The van der Waals surface area contributed by atoms with Gasteiger partial charge in [-0.25, -0.2) is 4.79 Å². The quantitative estimate of drug-likeness (QED) is 0.605. The topological polar surface area (TPSA) is 80.9 Å². The molecule has 0 fully saturated rings. The first-order chi connectivity index (χ1) is 6.20. The summed E-state index contributed by atoms with van der Waals surface area (Å²) >= 11 is 0. The maximum atomic E-state index is 11.4. The van der Waals surface area contributed by atoms with E-state index in [9.17, 15) is 9.59 Å². The van der Waals surface area contributed by atoms with Gasteiger partial charge in [-0.1, -0.05) is 12.1 Å². The number of carbonyl (C=O) groups excluding carboxylic acids is 1. The minimum atomic E-state index is -0.804. The van der Waals surface area contributed by atoms with E-state index in [0.717, 1.165) is 4.68 Å². The third-order valence-corrected chi connectivity index (χ3v) is 1.81. The van der Waals surface area contributed by atoms with Crippen molar-refractivity contribution >= 4 is 16.9 Å². The zero-order chi connectivity index (χ0) is 9.42. The van der Waals surface area contributed by atoms with Gasteiger partial charge in [-0.15, -0.1) is 0 Å². The van der Waals surface area contributed by atoms with Crippen LogP contribution in [0.4, 0.5) is 4.79 Å². The number of H-pyrrole nitrogens is 1. The highest BCUT2D eigenvalue weighted by atomic mass is 16.2. The molecule has 1 amide bonds. The average Bonchev–Trinajstić information content (AvgIpc) is 2.45. The summed E-state index contributed by atoms with van der Waals surface area (Å²) in [5.41, 5.74) is 5.16. The molecule has 1 heterocycles. The smallest absolute Gasteiger partial charge is 0.341 e. The normalized spacial score (nSPS) is 10.5. The van der Waals surface area contributed by atoms with Crippen LogP contribution >= 0.6 is 0 Å². The number of amides is 1. The monoisotopic (exact) mass is 177 g/mol. The zero-order valence-corrected chi connectivity index (χ0v) is 6.65. The van der Waals surface area contributed by atoms with E-state index in [1.807, 2.05) is 0 Å². The van der Waals surface area contributed by atoms with Crippen molar-refractivity contribution in [1.29, 1.82) is 0 Å². The second-order valence-corrected chi connectivity index (χ2v) is 2.64. The van der Waals surface area contributed by atoms with Crippen LogP contribution in [0, 0.1) is 0 Å². The molecule has 0 aliphatic rings. The van der Waals surface area contributed by atoms with E-state index < -0.39 is 11.6 Å². The highest BCUT2D eigenvalue weighted by Gasteiger charge is 2.08. The number of aromatic amines is 1. The van der Waals surface area contributed by atoms with Gasteiger partial charge in [-0.2, -0.15) is 4.68 Å². The summed E-state index contributed by atoms with van der Waals surface area (Å²) in [6.45, 7) is 0. The average molecular weight is 177 g/mol. The van der Waals surface area contributed by atoms with E-state index in [4.69, 9.17) is 5.73 Å². The van der Waals surface area contributed by atoms with Gasteiger partial charge in [0.2, 0.25) is 0 Å². The van der Waals surface area contributed by atoms with Crippen molar-refractivity contribution in [3.8, 4) is 0 Å². The van der Waals surface area contributed by atoms with E-state index in [1.54, 1.807) is 24.3 Å². The predicted molar refractivity (Wildman–Crippen MR) is 47.5 cm³/mol. The highest BCUT2D eigenvalue weighted by Crippen LogP contribution is 2.04. The first-order valence-corrected chi connectivity index (χ1v) is 3.70. The summed E-state index contributed by atoms with van der Waals surface area (Å²) in [7, 11) is 0. The lowest BCUT2D eigenvalue weighted by Crippen LogP contribution is -2.29. The van der Waals surface area contributed by atoms with Gasteiger partial charge in [0.15, 0.2) is 0 Å². The highest BCUT2D eigenvalue weighted by molar-refractivity contribution is 5.83. The number of nitrogens with two attached hydrogens (primary N) is 1. The van der Waals surface area contributed by atoms with Gasteiger partial charge < -0.3 is 5.73 Å². The number of fused-ring (bicyclic) bond motifs is 1. The number of aromatic nitrogens is 2. The third kappa shape index (κ3) is 1.01. The Morgan fingerprint density at radius 1 is 1.38 bits per heavy atom. The number of hydrogen-bond acceptors (Lipinski definition) is 2. The number of nitrogens with one attached hydrogen (secondary N) is 1. The second-order valence-electron chi connectivity index (χ2n) is 2.64. The molecule has 0 unspecified atom stereocenters. The summed E-state index contributed by atoms with van der Waals surface area (Å²) in [5.74, 6) is 0. The molecule has 0 aliphatic heterocycles. The Balaban J connectivity index is 2.90. The molecule has 1 aromatic carbocycles. The first kappa shape index (κ1) is 7.60. The van der Waals surface area contributed by atoms with Crippen molar-refractivity contribution in [2.75, 3.05) is 0 Å². The lowest BCUT2D eigenvalue weighted by molar-refractivity contribution is 0.247. The molecule has 0 aliphatic carbocycles. The van der Waals surface area contributed by atoms with Crippen LogP contribution in [0.3, 0.4) is 0 Å². The van der Waals surface area contributed by atoms with Crippen LogP contribution in [0.2, 0.25) is 0 Å². The Labute approximate surface area is 72.7 Å². The molecule has 3 N–H and O–H groups in total. The van der Waals surface area contributed by atoms with Crippen LogP contribution in [0.1, 0.15) is 0 Å². The summed E-state index contributed by atoms with van der Waals surface area (Å²) in [4.78, 5) is 22.1. The third-order valence-electron chi connectivity index (χ3n) is 1.81. The minimum absolute atomic E-state index is 0.414. The number of benzene rings is 1. The molecule has 13 heavy (non-hydrogen) atoms. The Morgan fingerprint density at radius 2 is 2.08 bits per heavy atom. The van der Waals surface area contributed by atoms with Gasteiger partial charge >= 0.3 is 6.03 Å². The number of nitrogens with zero attached hydrogens (tertiary/aromatic N) is 1. The van der Waals surface area contributed by atoms with Crippen molar-refractivity contribution in [3.05, 3.63) is 34.6 Å². The molecule has 5 heteroatoms. The lowest BCUT2D eigenvalue weighted by atomic mass is 10.3. The molecule has 2 aromatic rings. The molecular formula is C8H7N3O2. The lowest BCUT2D eigenvalue weighted by Gasteiger charge is -1.89. The van der Waals surface area contributed by atoms with Crippen LogP contribution in [-0.2, 0) is 0 Å². The fourth-order valence-corrected chi connectivity index (χ4v) is 1.21. The van der Waals surface area contributed by atoms with Crippen LogP contribution in [0.25, 0.3) is 10.9 Å². The van der Waals surface area contributed by atoms with Gasteiger partial charge in [0, 0.05) is 0 Å². The van der Waals surface area contributed by atoms with Crippen molar-refractivity contribution in [1.82, 2.24) is 9.78 Å². The molecular weight excluding hydrogens is 170 g/mol. The molecule has 0 saturated carbocycles. The number of carbonyl (C=O) groups is 1. The molecule has 0 saturated heterocycles. The van der Waals surface area contributed by atoms with Gasteiger partial charge in [0.25, 0.3) is 5.56 Å². The van der Waals surface area contributed by atoms with Crippen molar-refractivity contribution < 1.29 is 4.79 Å². The fraction of sp³-hybridized carbons (Fsp3) is 0. The van der Waals surface area contributed by atoms with Crippen LogP contribution in [0.15, 0.2) is 29.1 Å². The van der Waals surface area contributed by atoms with Crippen LogP contribution in [-0.4, -0.2) is 15.8 Å². The molecule has 2 rings (SSSR count). The van der Waals surface area contributed by atoms with E-state index >= 15 is 0 Å². The summed E-state index contributed by atoms with van der Waals surface area (Å²) < 4.78 is 0.782. The van der Waals surface area contributed by atoms with Gasteiger partial charge in [0.05, 0.1) is 10.9 Å². The van der Waals surface area contributed by atoms with Crippen molar-refractivity contribution in [2.45, 2.75) is 0 Å². The fourth-order valence-electron chi connectivity index (χ4n) is 1.21. The van der Waals surface area contributed by atoms with Gasteiger partial charge in [-0.3, -0.25) is 9.89 Å². The molecule has 1 aromatic heterocycles. The van der Waals surface area contributed by atoms with Crippen LogP contribution < -0.4 is 11.3 Å². The molecule has 5 nitrogen and oxygen atoms in total. The maximum absolute atomic E-state index is 11.4. The van der Waals surface area contributed by atoms with Gasteiger partial charge in [0.1, 0.15) is 0 Å². The SMILES string of the molecule is NC(=O)n1[nH]c2ccccc2c1=O. The summed E-state index contributed by atoms with van der Waals surface area (Å²) in [5, 5.41) is 3.05. The second kappa shape index (κ2) is 2.48. The molecule has 0 bridgehead atoms. The number of primary amides is 1. The largest absolute Gasteiger partial charge is 0.350 e. The molecule has 0 spiro atoms. The number of rotatable bonds is 0. The first-order valence-electron chi connectivity index (χ1n) is 3.70. The summed E-state index contributed by atoms with van der Waals surface area (Å²) in [6.07, 6.45) is 0. The maximum Gasteiger partial charge on any atom is 0.341 e. The van der Waals surface area contributed by atoms with E-state index in [-0.39, 0.29) is 0 Å². The standard InChI is InChI=1S/C8H7N3O2/c9-8(13)11-7(12)5-3-1-2-4-6(5)10-11/h1-4,10H,(H2,9,13). The van der Waals surface area contributed by atoms with E-state index in [2.05, 4.69) is 5.10 Å². The van der Waals surface area contributed by atoms with E-state index in [0.29, 0.717) is 10.9 Å². The van der Waals surface area contributed by atoms with Crippen molar-refractivity contribution in [3.63, 3.8) is 0 Å². The van der Waals surface area contributed by atoms with E-state index in [1.165, 1.54) is 0 Å². The van der Waals surface area contributed by atoms with Gasteiger partial charge in [-0.05, 0) is 12.1 Å². The summed E-state index contributed by atoms with van der Waals surface area (Å²) in [6, 6.07) is 6.03. The number of hydrogen-bond donors (Lipinski definition) is 2. The Morgan fingerprint density at radius 3 is 2.69 bits per heavy atom. The van der Waals surface area contributed by atoms with Crippen LogP contribution in [0.5, 0.6) is 0 Å². The Kier molecular flexibility index (Phi) is 1.45. The number of para-hydroxylation sites is 1. The molecule has 0 radical (unpaired) electrons. The Hall–Kier alpha value is -2.04. The molecule has 66 valence electrons. The Bertz CT molecular complexity index is 523. The minimum Gasteiger partial charge on any atom is -0.350 e. The molecule has 0 atom stereocenters.